The van der Waals surface area contributed by atoms with E-state index in [1.165, 1.54) is 19.3 Å². The van der Waals surface area contributed by atoms with Crippen LogP contribution in [-0.2, 0) is 14.2 Å². The van der Waals surface area contributed by atoms with Crippen molar-refractivity contribution in [1.29, 1.82) is 0 Å². The van der Waals surface area contributed by atoms with Gasteiger partial charge in [-0.3, -0.25) is 0 Å². The Labute approximate surface area is 182 Å². The fourth-order valence-corrected chi connectivity index (χ4v) is 7.02. The Balaban J connectivity index is 1.44. The van der Waals surface area contributed by atoms with Crippen molar-refractivity contribution in [2.75, 3.05) is 0 Å². The summed E-state index contributed by atoms with van der Waals surface area (Å²) in [6.07, 6.45) is 9.39. The zero-order chi connectivity index (χ0) is 21.8. The van der Waals surface area contributed by atoms with Gasteiger partial charge in [-0.05, 0) is 77.0 Å². The summed E-state index contributed by atoms with van der Waals surface area (Å²) in [5.41, 5.74) is -1.04. The number of hydrogen-bond acceptors (Lipinski definition) is 5. The van der Waals surface area contributed by atoms with E-state index in [4.69, 9.17) is 14.2 Å². The lowest BCUT2D eigenvalue weighted by Crippen LogP contribution is -2.63. The van der Waals surface area contributed by atoms with E-state index in [-0.39, 0.29) is 28.3 Å². The number of hydrogen-bond donors (Lipinski definition) is 2. The third-order valence-corrected chi connectivity index (χ3v) is 8.80. The van der Waals surface area contributed by atoms with Gasteiger partial charge in [-0.15, -0.1) is 0 Å². The van der Waals surface area contributed by atoms with E-state index >= 15 is 0 Å². The van der Waals surface area contributed by atoms with Gasteiger partial charge in [-0.1, -0.05) is 33.6 Å². The minimum Gasteiger partial charge on any atom is -0.367 e. The second-order valence-corrected chi connectivity index (χ2v) is 12.1. The highest BCUT2D eigenvalue weighted by atomic mass is 16.7. The Bertz CT molecular complexity index is 597. The highest BCUT2D eigenvalue weighted by Crippen LogP contribution is 2.61. The molecule has 0 spiro atoms. The largest absolute Gasteiger partial charge is 0.367 e. The maximum atomic E-state index is 10.9. The number of aliphatic hydroxyl groups excluding tert-OH is 2. The van der Waals surface area contributed by atoms with Crippen LogP contribution in [0.1, 0.15) is 105 Å². The fourth-order valence-electron chi connectivity index (χ4n) is 7.02. The maximum Gasteiger partial charge on any atom is 0.181 e. The molecule has 0 saturated heterocycles. The van der Waals surface area contributed by atoms with Crippen LogP contribution in [0.15, 0.2) is 0 Å². The van der Waals surface area contributed by atoms with Crippen molar-refractivity contribution < 1.29 is 24.4 Å². The molecule has 4 bridgehead atoms. The highest BCUT2D eigenvalue weighted by Gasteiger charge is 2.60. The van der Waals surface area contributed by atoms with Crippen LogP contribution in [-0.4, -0.2) is 45.7 Å². The molecule has 0 amide bonds. The molecule has 5 unspecified atom stereocenters. The fraction of sp³-hybridized carbons (Fsp3) is 1.00. The second-order valence-electron chi connectivity index (χ2n) is 12.1. The average molecular weight is 425 g/mol. The van der Waals surface area contributed by atoms with E-state index in [9.17, 15) is 10.2 Å². The summed E-state index contributed by atoms with van der Waals surface area (Å²) in [4.78, 5) is 0. The topological polar surface area (TPSA) is 68.2 Å². The summed E-state index contributed by atoms with van der Waals surface area (Å²) >= 11 is 0. The Morgan fingerprint density at radius 2 is 1.47 bits per heavy atom. The molecule has 0 aromatic carbocycles. The van der Waals surface area contributed by atoms with Crippen LogP contribution >= 0.6 is 0 Å². The molecule has 0 aromatic heterocycles. The molecule has 0 radical (unpaired) electrons. The van der Waals surface area contributed by atoms with E-state index in [0.717, 1.165) is 51.4 Å². The molecular weight excluding hydrogens is 380 g/mol. The minimum absolute atomic E-state index is 0.224. The predicted molar refractivity (Wildman–Crippen MR) is 116 cm³/mol. The SMILES string of the molecule is CCC(C)(C)C(O)OC12CC3CC(CC(OC(C)C(O)OC4(C)CCCC4)(C3)C1)C2. The molecular formula is C25H44O5. The molecule has 5 saturated carbocycles. The summed E-state index contributed by atoms with van der Waals surface area (Å²) in [5, 5.41) is 21.6. The lowest BCUT2D eigenvalue weighted by Gasteiger charge is -2.62. The first kappa shape index (κ1) is 23.0. The van der Waals surface area contributed by atoms with Crippen molar-refractivity contribution in [2.45, 2.75) is 141 Å². The third kappa shape index (κ3) is 4.47. The van der Waals surface area contributed by atoms with Crippen molar-refractivity contribution in [2.24, 2.45) is 17.3 Å². The molecule has 5 nitrogen and oxygen atoms in total. The second kappa shape index (κ2) is 7.98. The highest BCUT2D eigenvalue weighted by molar-refractivity contribution is 5.11. The van der Waals surface area contributed by atoms with Gasteiger partial charge in [0.1, 0.15) is 6.10 Å². The van der Waals surface area contributed by atoms with Gasteiger partial charge in [0.25, 0.3) is 0 Å². The van der Waals surface area contributed by atoms with Crippen LogP contribution in [0.4, 0.5) is 0 Å². The molecule has 2 N–H and O–H groups in total. The Kier molecular flexibility index (Phi) is 6.11. The van der Waals surface area contributed by atoms with Gasteiger partial charge < -0.3 is 24.4 Å². The molecule has 5 rings (SSSR count). The van der Waals surface area contributed by atoms with Crippen LogP contribution in [0.5, 0.6) is 0 Å². The minimum atomic E-state index is -0.900. The first-order chi connectivity index (χ1) is 14.0. The van der Waals surface area contributed by atoms with Gasteiger partial charge in [-0.2, -0.15) is 0 Å². The molecule has 0 heterocycles. The van der Waals surface area contributed by atoms with Crippen molar-refractivity contribution in [3.8, 4) is 0 Å². The van der Waals surface area contributed by atoms with Crippen LogP contribution in [0.2, 0.25) is 0 Å². The van der Waals surface area contributed by atoms with Gasteiger partial charge in [0.15, 0.2) is 12.6 Å². The summed E-state index contributed by atoms with van der Waals surface area (Å²) in [5.74, 6) is 1.17. The predicted octanol–water partition coefficient (Wildman–Crippen LogP) is 4.92. The summed E-state index contributed by atoms with van der Waals surface area (Å²) in [6, 6.07) is 0. The standard InChI is InChI=1S/C25H44O5/c1-6-22(3,4)21(27)30-25-14-18-11-19(15-25)13-24(12-18,16-25)28-17(2)20(26)29-23(5)9-7-8-10-23/h17-21,26-27H,6-16H2,1-5H3. The van der Waals surface area contributed by atoms with Gasteiger partial charge in [-0.25, -0.2) is 0 Å². The molecule has 30 heavy (non-hydrogen) atoms. The molecule has 5 aliphatic carbocycles. The molecule has 5 heteroatoms. The van der Waals surface area contributed by atoms with E-state index in [1.54, 1.807) is 0 Å². The zero-order valence-corrected chi connectivity index (χ0v) is 19.8. The molecule has 5 atom stereocenters. The monoisotopic (exact) mass is 424 g/mol. The number of rotatable bonds is 9. The number of ether oxygens (including phenoxy) is 3. The summed E-state index contributed by atoms with van der Waals surface area (Å²) in [7, 11) is 0. The summed E-state index contributed by atoms with van der Waals surface area (Å²) < 4.78 is 19.2. The lowest BCUT2D eigenvalue weighted by molar-refractivity contribution is -0.318. The average Bonchev–Trinajstić information content (AvgIpc) is 3.05. The molecule has 0 aromatic rings. The first-order valence-electron chi connectivity index (χ1n) is 12.4. The molecule has 5 fully saturated rings. The van der Waals surface area contributed by atoms with Crippen LogP contribution in [0, 0.1) is 17.3 Å². The maximum absolute atomic E-state index is 10.9. The Morgan fingerprint density at radius 1 is 0.933 bits per heavy atom. The van der Waals surface area contributed by atoms with Crippen molar-refractivity contribution in [1.82, 2.24) is 0 Å². The van der Waals surface area contributed by atoms with E-state index < -0.39 is 12.6 Å². The molecule has 174 valence electrons. The lowest BCUT2D eigenvalue weighted by atomic mass is 9.52. The Morgan fingerprint density at radius 3 is 2.00 bits per heavy atom. The van der Waals surface area contributed by atoms with Crippen molar-refractivity contribution in [3.63, 3.8) is 0 Å². The van der Waals surface area contributed by atoms with Gasteiger partial charge in [0.2, 0.25) is 0 Å². The van der Waals surface area contributed by atoms with Crippen molar-refractivity contribution in [3.05, 3.63) is 0 Å². The van der Waals surface area contributed by atoms with Crippen LogP contribution < -0.4 is 0 Å². The normalized spacial score (nSPS) is 40.5. The molecule has 5 aliphatic rings. The van der Waals surface area contributed by atoms with Crippen molar-refractivity contribution >= 4 is 0 Å². The van der Waals surface area contributed by atoms with Gasteiger partial charge >= 0.3 is 0 Å². The summed E-state index contributed by atoms with van der Waals surface area (Å²) in [6.45, 7) is 10.3. The van der Waals surface area contributed by atoms with Crippen LogP contribution in [0.25, 0.3) is 0 Å². The third-order valence-electron chi connectivity index (χ3n) is 8.80. The van der Waals surface area contributed by atoms with E-state index in [2.05, 4.69) is 27.7 Å². The quantitative estimate of drug-likeness (QED) is 0.514. The smallest absolute Gasteiger partial charge is 0.181 e. The van der Waals surface area contributed by atoms with Crippen LogP contribution in [0.3, 0.4) is 0 Å². The first-order valence-corrected chi connectivity index (χ1v) is 12.4. The Hall–Kier alpha value is -0.200. The zero-order valence-electron chi connectivity index (χ0n) is 19.8. The van der Waals surface area contributed by atoms with E-state index in [0.29, 0.717) is 11.8 Å². The van der Waals surface area contributed by atoms with E-state index in [1.807, 2.05) is 6.92 Å². The number of aliphatic hydroxyl groups is 2. The molecule has 0 aliphatic heterocycles. The van der Waals surface area contributed by atoms with Gasteiger partial charge in [0, 0.05) is 11.8 Å². The van der Waals surface area contributed by atoms with Gasteiger partial charge in [0.05, 0.1) is 16.8 Å².